The van der Waals surface area contributed by atoms with E-state index < -0.39 is 0 Å². The number of benzene rings is 1. The van der Waals surface area contributed by atoms with Gasteiger partial charge < -0.3 is 19.5 Å². The van der Waals surface area contributed by atoms with Gasteiger partial charge in [-0.3, -0.25) is 0 Å². The predicted octanol–water partition coefficient (Wildman–Crippen LogP) is 3.01. The van der Waals surface area contributed by atoms with Crippen molar-refractivity contribution in [1.29, 1.82) is 0 Å². The fourth-order valence-corrected chi connectivity index (χ4v) is 1.83. The van der Waals surface area contributed by atoms with Crippen molar-refractivity contribution >= 4 is 0 Å². The molecule has 0 saturated carbocycles. The highest BCUT2D eigenvalue weighted by molar-refractivity contribution is 5.54. The highest BCUT2D eigenvalue weighted by Gasteiger charge is 2.13. The number of nitrogens with one attached hydrogen (secondary N) is 1. The summed E-state index contributed by atoms with van der Waals surface area (Å²) in [5, 5.41) is 3.40. The topological polar surface area (TPSA) is 39.7 Å². The maximum absolute atomic E-state index is 5.61. The van der Waals surface area contributed by atoms with Crippen LogP contribution < -0.4 is 19.5 Å². The molecule has 20 heavy (non-hydrogen) atoms. The Hall–Kier alpha value is -1.68. The molecular formula is C16H25NO3. The molecule has 1 aromatic carbocycles. The van der Waals surface area contributed by atoms with E-state index in [2.05, 4.69) is 25.7 Å². The minimum absolute atomic E-state index is 0.414. The Bertz CT molecular complexity index is 405. The number of ether oxygens (including phenoxy) is 3. The number of rotatable bonds is 9. The summed E-state index contributed by atoms with van der Waals surface area (Å²) in [6.07, 6.45) is 1.69. The molecule has 0 aliphatic carbocycles. The number of hydrogen-bond acceptors (Lipinski definition) is 4. The van der Waals surface area contributed by atoms with Crippen LogP contribution in [0.2, 0.25) is 0 Å². The molecule has 1 aromatic rings. The van der Waals surface area contributed by atoms with Gasteiger partial charge in [-0.25, -0.2) is 0 Å². The molecule has 0 unspecified atom stereocenters. The van der Waals surface area contributed by atoms with Gasteiger partial charge in [0.25, 0.3) is 0 Å². The van der Waals surface area contributed by atoms with Gasteiger partial charge in [0.2, 0.25) is 5.75 Å². The van der Waals surface area contributed by atoms with Gasteiger partial charge in [0.05, 0.1) is 14.2 Å². The molecule has 0 amide bonds. The molecule has 0 aliphatic rings. The van der Waals surface area contributed by atoms with Crippen molar-refractivity contribution in [3.63, 3.8) is 0 Å². The van der Waals surface area contributed by atoms with Crippen molar-refractivity contribution in [3.05, 3.63) is 30.4 Å². The van der Waals surface area contributed by atoms with Crippen LogP contribution in [0.15, 0.2) is 24.8 Å². The van der Waals surface area contributed by atoms with Crippen molar-refractivity contribution in [1.82, 2.24) is 5.32 Å². The lowest BCUT2D eigenvalue weighted by Gasteiger charge is -2.16. The fraction of sp³-hybridized carbons (Fsp3) is 0.500. The molecule has 0 fully saturated rings. The molecule has 0 spiro atoms. The van der Waals surface area contributed by atoms with Crippen LogP contribution in [0.1, 0.15) is 19.4 Å². The van der Waals surface area contributed by atoms with E-state index in [1.165, 1.54) is 0 Å². The Morgan fingerprint density at radius 3 is 2.25 bits per heavy atom. The zero-order valence-electron chi connectivity index (χ0n) is 12.9. The van der Waals surface area contributed by atoms with Crippen LogP contribution in [0, 0.1) is 5.92 Å². The van der Waals surface area contributed by atoms with E-state index in [9.17, 15) is 0 Å². The van der Waals surface area contributed by atoms with Crippen molar-refractivity contribution < 1.29 is 14.2 Å². The summed E-state index contributed by atoms with van der Waals surface area (Å²) in [6.45, 7) is 10.2. The maximum atomic E-state index is 5.61. The third-order valence-electron chi connectivity index (χ3n) is 2.75. The summed E-state index contributed by atoms with van der Waals surface area (Å²) in [5.41, 5.74) is 1.10. The molecule has 1 rings (SSSR count). The second-order valence-corrected chi connectivity index (χ2v) is 4.95. The van der Waals surface area contributed by atoms with Crippen molar-refractivity contribution in [2.24, 2.45) is 5.92 Å². The van der Waals surface area contributed by atoms with Crippen LogP contribution in [0.25, 0.3) is 0 Å². The smallest absolute Gasteiger partial charge is 0.203 e. The molecule has 0 radical (unpaired) electrons. The summed E-state index contributed by atoms with van der Waals surface area (Å²) in [7, 11) is 3.25. The average molecular weight is 279 g/mol. The van der Waals surface area contributed by atoms with Crippen LogP contribution in [-0.4, -0.2) is 27.4 Å². The van der Waals surface area contributed by atoms with Crippen LogP contribution in [0.5, 0.6) is 17.2 Å². The SMILES string of the molecule is C=CCOc1c(OC)cc(CNCC(C)C)cc1OC. The van der Waals surface area contributed by atoms with Gasteiger partial charge in [-0.05, 0) is 30.2 Å². The van der Waals surface area contributed by atoms with E-state index in [0.717, 1.165) is 18.7 Å². The molecule has 0 saturated heterocycles. The van der Waals surface area contributed by atoms with Gasteiger partial charge in [0, 0.05) is 6.54 Å². The lowest BCUT2D eigenvalue weighted by atomic mass is 10.1. The summed E-state index contributed by atoms with van der Waals surface area (Å²) in [5.74, 6) is 2.58. The van der Waals surface area contributed by atoms with Gasteiger partial charge in [-0.1, -0.05) is 26.5 Å². The number of hydrogen-bond donors (Lipinski definition) is 1. The molecule has 1 N–H and O–H groups in total. The molecule has 4 heteroatoms. The van der Waals surface area contributed by atoms with Gasteiger partial charge in [-0.15, -0.1) is 0 Å². The minimum atomic E-state index is 0.414. The molecule has 4 nitrogen and oxygen atoms in total. The zero-order valence-corrected chi connectivity index (χ0v) is 12.9. The summed E-state index contributed by atoms with van der Waals surface area (Å²) >= 11 is 0. The fourth-order valence-electron chi connectivity index (χ4n) is 1.83. The Kier molecular flexibility index (Phi) is 6.94. The van der Waals surface area contributed by atoms with Crippen LogP contribution in [0.4, 0.5) is 0 Å². The Morgan fingerprint density at radius 2 is 1.80 bits per heavy atom. The van der Waals surface area contributed by atoms with Crippen molar-refractivity contribution in [2.75, 3.05) is 27.4 Å². The van der Waals surface area contributed by atoms with Gasteiger partial charge in [0.15, 0.2) is 11.5 Å². The van der Waals surface area contributed by atoms with E-state index in [1.54, 1.807) is 20.3 Å². The molecule has 0 aromatic heterocycles. The average Bonchev–Trinajstić information content (AvgIpc) is 2.44. The molecule has 112 valence electrons. The zero-order chi connectivity index (χ0) is 15.0. The van der Waals surface area contributed by atoms with E-state index in [4.69, 9.17) is 14.2 Å². The Morgan fingerprint density at radius 1 is 1.20 bits per heavy atom. The maximum Gasteiger partial charge on any atom is 0.203 e. The van der Waals surface area contributed by atoms with Crippen LogP contribution in [-0.2, 0) is 6.54 Å². The van der Waals surface area contributed by atoms with Gasteiger partial charge >= 0.3 is 0 Å². The molecule has 0 heterocycles. The van der Waals surface area contributed by atoms with E-state index in [1.807, 2.05) is 12.1 Å². The summed E-state index contributed by atoms with van der Waals surface area (Å²) in [6, 6.07) is 3.93. The predicted molar refractivity (Wildman–Crippen MR) is 81.8 cm³/mol. The molecular weight excluding hydrogens is 254 g/mol. The molecule has 0 bridgehead atoms. The third-order valence-corrected chi connectivity index (χ3v) is 2.75. The minimum Gasteiger partial charge on any atom is -0.493 e. The summed E-state index contributed by atoms with van der Waals surface area (Å²) < 4.78 is 16.4. The summed E-state index contributed by atoms with van der Waals surface area (Å²) in [4.78, 5) is 0. The van der Waals surface area contributed by atoms with E-state index >= 15 is 0 Å². The quantitative estimate of drug-likeness (QED) is 0.705. The van der Waals surface area contributed by atoms with E-state index in [-0.39, 0.29) is 0 Å². The first kappa shape index (κ1) is 16.4. The highest BCUT2D eigenvalue weighted by Crippen LogP contribution is 2.38. The normalized spacial score (nSPS) is 10.4. The second-order valence-electron chi connectivity index (χ2n) is 4.95. The number of methoxy groups -OCH3 is 2. The Labute approximate surface area is 121 Å². The second kappa shape index (κ2) is 8.48. The first-order valence-electron chi connectivity index (χ1n) is 6.81. The highest BCUT2D eigenvalue weighted by atomic mass is 16.5. The third kappa shape index (κ3) is 4.78. The van der Waals surface area contributed by atoms with Gasteiger partial charge in [0.1, 0.15) is 6.61 Å². The van der Waals surface area contributed by atoms with Crippen molar-refractivity contribution in [2.45, 2.75) is 20.4 Å². The largest absolute Gasteiger partial charge is 0.493 e. The lowest BCUT2D eigenvalue weighted by Crippen LogP contribution is -2.19. The van der Waals surface area contributed by atoms with E-state index in [0.29, 0.717) is 29.8 Å². The van der Waals surface area contributed by atoms with Crippen LogP contribution >= 0.6 is 0 Å². The molecule has 0 aliphatic heterocycles. The van der Waals surface area contributed by atoms with Crippen molar-refractivity contribution in [3.8, 4) is 17.2 Å². The lowest BCUT2D eigenvalue weighted by molar-refractivity contribution is 0.300. The first-order valence-corrected chi connectivity index (χ1v) is 6.81. The van der Waals surface area contributed by atoms with Crippen LogP contribution in [0.3, 0.4) is 0 Å². The Balaban J connectivity index is 2.90. The monoisotopic (exact) mass is 279 g/mol. The first-order chi connectivity index (χ1) is 9.62. The van der Waals surface area contributed by atoms with Gasteiger partial charge in [-0.2, -0.15) is 0 Å². The standard InChI is InChI=1S/C16H25NO3/c1-6-7-20-16-14(18-4)8-13(9-15(16)19-5)11-17-10-12(2)3/h6,8-9,12,17H,1,7,10-11H2,2-5H3. The molecule has 0 atom stereocenters.